The molecule has 4 nitrogen and oxygen atoms in total. The first-order valence-corrected chi connectivity index (χ1v) is 9.64. The molecule has 0 unspecified atom stereocenters. The van der Waals surface area contributed by atoms with Gasteiger partial charge in [0.1, 0.15) is 18.2 Å². The van der Waals surface area contributed by atoms with Gasteiger partial charge in [0.2, 0.25) is 5.91 Å². The number of carbonyl (C=O) groups excluding carboxylic acids is 1. The predicted octanol–water partition coefficient (Wildman–Crippen LogP) is 4.16. The van der Waals surface area contributed by atoms with Gasteiger partial charge in [0.05, 0.1) is 5.02 Å². The smallest absolute Gasteiger partial charge is 0.222 e. The maximum Gasteiger partial charge on any atom is 0.222 e. The molecule has 1 aliphatic heterocycles. The Morgan fingerprint density at radius 1 is 1.22 bits per heavy atom. The van der Waals surface area contributed by atoms with Crippen molar-refractivity contribution in [3.05, 3.63) is 64.4 Å². The average molecular weight is 391 g/mol. The highest BCUT2D eigenvalue weighted by Crippen LogP contribution is 2.20. The number of nitrogens with zero attached hydrogens (tertiary/aromatic N) is 1. The maximum absolute atomic E-state index is 13.1. The first-order valence-electron chi connectivity index (χ1n) is 9.26. The molecule has 1 N–H and O–H groups in total. The molecule has 0 spiro atoms. The van der Waals surface area contributed by atoms with Crippen molar-refractivity contribution in [1.29, 1.82) is 0 Å². The molecule has 0 aromatic heterocycles. The fourth-order valence-electron chi connectivity index (χ4n) is 3.11. The van der Waals surface area contributed by atoms with Crippen LogP contribution in [0.4, 0.5) is 4.39 Å². The summed E-state index contributed by atoms with van der Waals surface area (Å²) in [7, 11) is 0. The number of ether oxygens (including phenoxy) is 1. The molecule has 2 aromatic carbocycles. The standard InChI is InChI=1S/C21H24ClFN2O2/c22-20-13-18(23)8-7-17(20)15-27-19-5-1-4-16(12-19)14-24-9-3-11-25-10-2-6-21(25)26/h1,4-5,7-8,12-13,24H,2-3,6,9-11,14-15H2. The third-order valence-corrected chi connectivity index (χ3v) is 4.94. The first-order chi connectivity index (χ1) is 13.1. The number of nitrogens with one attached hydrogen (secondary N) is 1. The third kappa shape index (κ3) is 5.94. The summed E-state index contributed by atoms with van der Waals surface area (Å²) in [5.41, 5.74) is 1.87. The van der Waals surface area contributed by atoms with E-state index in [1.54, 1.807) is 6.07 Å². The highest BCUT2D eigenvalue weighted by Gasteiger charge is 2.18. The number of likely N-dealkylation sites (tertiary alicyclic amines) is 1. The second kappa shape index (κ2) is 9.72. The molecule has 0 radical (unpaired) electrons. The van der Waals surface area contributed by atoms with E-state index in [-0.39, 0.29) is 11.7 Å². The van der Waals surface area contributed by atoms with Crippen molar-refractivity contribution >= 4 is 17.5 Å². The minimum absolute atomic E-state index is 0.279. The summed E-state index contributed by atoms with van der Waals surface area (Å²) in [6.07, 6.45) is 2.64. The van der Waals surface area contributed by atoms with E-state index in [2.05, 4.69) is 5.32 Å². The van der Waals surface area contributed by atoms with E-state index < -0.39 is 0 Å². The molecule has 0 atom stereocenters. The topological polar surface area (TPSA) is 41.6 Å². The van der Waals surface area contributed by atoms with Crippen LogP contribution in [0.1, 0.15) is 30.4 Å². The van der Waals surface area contributed by atoms with Gasteiger partial charge in [-0.25, -0.2) is 4.39 Å². The van der Waals surface area contributed by atoms with Crippen LogP contribution in [0.25, 0.3) is 0 Å². The maximum atomic E-state index is 13.1. The molecule has 2 aromatic rings. The van der Waals surface area contributed by atoms with E-state index in [1.807, 2.05) is 29.2 Å². The number of rotatable bonds is 9. The van der Waals surface area contributed by atoms with Crippen LogP contribution in [-0.4, -0.2) is 30.4 Å². The lowest BCUT2D eigenvalue weighted by Crippen LogP contribution is -2.28. The Hall–Kier alpha value is -2.11. The van der Waals surface area contributed by atoms with E-state index in [0.717, 1.165) is 55.9 Å². The minimum atomic E-state index is -0.356. The van der Waals surface area contributed by atoms with E-state index in [9.17, 15) is 9.18 Å². The molecule has 144 valence electrons. The van der Waals surface area contributed by atoms with Gasteiger partial charge in [0, 0.05) is 31.6 Å². The lowest BCUT2D eigenvalue weighted by molar-refractivity contribution is -0.127. The molecule has 1 heterocycles. The number of hydrogen-bond acceptors (Lipinski definition) is 3. The second-order valence-corrected chi connectivity index (χ2v) is 7.09. The van der Waals surface area contributed by atoms with Crippen LogP contribution in [0.5, 0.6) is 5.75 Å². The van der Waals surface area contributed by atoms with Crippen molar-refractivity contribution in [2.75, 3.05) is 19.6 Å². The fraction of sp³-hybridized carbons (Fsp3) is 0.381. The molecular formula is C21H24ClFN2O2. The zero-order valence-electron chi connectivity index (χ0n) is 15.2. The van der Waals surface area contributed by atoms with Gasteiger partial charge < -0.3 is 15.0 Å². The Bertz CT molecular complexity index is 785. The van der Waals surface area contributed by atoms with Gasteiger partial charge in [0.25, 0.3) is 0 Å². The van der Waals surface area contributed by atoms with E-state index >= 15 is 0 Å². The molecule has 1 amide bonds. The largest absolute Gasteiger partial charge is 0.489 e. The summed E-state index contributed by atoms with van der Waals surface area (Å²) in [5.74, 6) is 0.671. The molecular weight excluding hydrogens is 367 g/mol. The van der Waals surface area contributed by atoms with Gasteiger partial charge in [-0.2, -0.15) is 0 Å². The quantitative estimate of drug-likeness (QED) is 0.654. The zero-order chi connectivity index (χ0) is 19.1. The van der Waals surface area contributed by atoms with Crippen molar-refractivity contribution in [2.45, 2.75) is 32.4 Å². The number of halogens is 2. The summed E-state index contributed by atoms with van der Waals surface area (Å²) in [6.45, 7) is 3.62. The van der Waals surface area contributed by atoms with Gasteiger partial charge in [-0.3, -0.25) is 4.79 Å². The second-order valence-electron chi connectivity index (χ2n) is 6.69. The first kappa shape index (κ1) is 19.6. The SMILES string of the molecule is O=C1CCCN1CCCNCc1cccc(OCc2ccc(F)cc2Cl)c1. The molecule has 1 aliphatic rings. The van der Waals surface area contributed by atoms with Crippen molar-refractivity contribution < 1.29 is 13.9 Å². The van der Waals surface area contributed by atoms with Crippen LogP contribution < -0.4 is 10.1 Å². The number of carbonyl (C=O) groups is 1. The predicted molar refractivity (Wildman–Crippen MR) is 104 cm³/mol. The summed E-state index contributed by atoms with van der Waals surface area (Å²) in [4.78, 5) is 13.5. The summed E-state index contributed by atoms with van der Waals surface area (Å²) in [6, 6.07) is 12.1. The molecule has 0 saturated carbocycles. The van der Waals surface area contributed by atoms with Crippen LogP contribution >= 0.6 is 11.6 Å². The monoisotopic (exact) mass is 390 g/mol. The zero-order valence-corrected chi connectivity index (χ0v) is 16.0. The molecule has 27 heavy (non-hydrogen) atoms. The van der Waals surface area contributed by atoms with Crippen LogP contribution in [0, 0.1) is 5.82 Å². The van der Waals surface area contributed by atoms with Gasteiger partial charge >= 0.3 is 0 Å². The van der Waals surface area contributed by atoms with Gasteiger partial charge in [0.15, 0.2) is 0 Å². The highest BCUT2D eigenvalue weighted by atomic mass is 35.5. The van der Waals surface area contributed by atoms with Crippen LogP contribution in [0.15, 0.2) is 42.5 Å². The molecule has 1 saturated heterocycles. The summed E-state index contributed by atoms with van der Waals surface area (Å²) >= 11 is 6.03. The van der Waals surface area contributed by atoms with E-state index in [1.165, 1.54) is 12.1 Å². The Morgan fingerprint density at radius 2 is 2.11 bits per heavy atom. The molecule has 1 fully saturated rings. The van der Waals surface area contributed by atoms with Crippen molar-refractivity contribution in [2.24, 2.45) is 0 Å². The molecule has 0 bridgehead atoms. The Morgan fingerprint density at radius 3 is 2.89 bits per heavy atom. The summed E-state index contributed by atoms with van der Waals surface area (Å²) in [5, 5.41) is 3.77. The lowest BCUT2D eigenvalue weighted by atomic mass is 10.2. The fourth-order valence-corrected chi connectivity index (χ4v) is 3.33. The molecule has 0 aliphatic carbocycles. The van der Waals surface area contributed by atoms with Crippen LogP contribution in [0.2, 0.25) is 5.02 Å². The van der Waals surface area contributed by atoms with Crippen molar-refractivity contribution in [1.82, 2.24) is 10.2 Å². The van der Waals surface area contributed by atoms with Crippen molar-refractivity contribution in [3.8, 4) is 5.75 Å². The van der Waals surface area contributed by atoms with E-state index in [4.69, 9.17) is 16.3 Å². The summed E-state index contributed by atoms with van der Waals surface area (Å²) < 4.78 is 18.9. The van der Waals surface area contributed by atoms with Crippen molar-refractivity contribution in [3.63, 3.8) is 0 Å². The van der Waals surface area contributed by atoms with Crippen LogP contribution in [-0.2, 0) is 17.9 Å². The minimum Gasteiger partial charge on any atom is -0.489 e. The Labute approximate surface area is 164 Å². The number of amides is 1. The van der Waals surface area contributed by atoms with E-state index in [0.29, 0.717) is 18.1 Å². The Balaban J connectivity index is 1.41. The Kier molecular flexibility index (Phi) is 7.07. The normalized spacial score (nSPS) is 14.0. The van der Waals surface area contributed by atoms with Gasteiger partial charge in [-0.05, 0) is 49.2 Å². The van der Waals surface area contributed by atoms with Crippen LogP contribution in [0.3, 0.4) is 0 Å². The number of hydrogen-bond donors (Lipinski definition) is 1. The third-order valence-electron chi connectivity index (χ3n) is 4.59. The molecule has 3 rings (SSSR count). The average Bonchev–Trinajstić information content (AvgIpc) is 3.06. The van der Waals surface area contributed by atoms with Gasteiger partial charge in [-0.1, -0.05) is 29.8 Å². The highest BCUT2D eigenvalue weighted by molar-refractivity contribution is 6.31. The lowest BCUT2D eigenvalue weighted by Gasteiger charge is -2.15. The molecule has 6 heteroatoms. The number of benzene rings is 2. The van der Waals surface area contributed by atoms with Gasteiger partial charge in [-0.15, -0.1) is 0 Å².